The number of rotatable bonds is 6. The molecule has 0 aromatic rings. The maximum absolute atomic E-state index is 2.32. The number of thioether (sulfide) groups is 3. The number of hydrogen-bond donors (Lipinski definition) is 0. The lowest BCUT2D eigenvalue weighted by Gasteiger charge is -2.04. The standard InChI is InChI=1S/C12H24S3/c1-7(2)13-10-11(14-8(3)4)12(10)15-9(5)6/h7-12H,1-6H3. The van der Waals surface area contributed by atoms with Gasteiger partial charge in [-0.3, -0.25) is 0 Å². The van der Waals surface area contributed by atoms with Gasteiger partial charge in [-0.25, -0.2) is 0 Å². The Bertz CT molecular complexity index is 150. The van der Waals surface area contributed by atoms with Gasteiger partial charge in [0.15, 0.2) is 0 Å². The molecule has 0 nitrogen and oxygen atoms in total. The van der Waals surface area contributed by atoms with Crippen LogP contribution in [-0.2, 0) is 0 Å². The minimum absolute atomic E-state index is 0.781. The second kappa shape index (κ2) is 6.11. The Morgan fingerprint density at radius 1 is 0.533 bits per heavy atom. The first-order chi connectivity index (χ1) is 6.91. The molecule has 1 aliphatic carbocycles. The van der Waals surface area contributed by atoms with Crippen molar-refractivity contribution in [2.45, 2.75) is 73.0 Å². The third-order valence-corrected chi connectivity index (χ3v) is 6.97. The highest BCUT2D eigenvalue weighted by atomic mass is 32.2. The minimum atomic E-state index is 0.781. The largest absolute Gasteiger partial charge is 0.153 e. The van der Waals surface area contributed by atoms with Gasteiger partial charge in [0.2, 0.25) is 0 Å². The van der Waals surface area contributed by atoms with E-state index in [-0.39, 0.29) is 0 Å². The molecule has 0 saturated heterocycles. The molecule has 0 amide bonds. The van der Waals surface area contributed by atoms with Crippen molar-refractivity contribution in [2.24, 2.45) is 0 Å². The van der Waals surface area contributed by atoms with E-state index in [9.17, 15) is 0 Å². The molecule has 1 rings (SSSR count). The van der Waals surface area contributed by atoms with Crippen molar-refractivity contribution in [3.05, 3.63) is 0 Å². The lowest BCUT2D eigenvalue weighted by Crippen LogP contribution is -1.95. The lowest BCUT2D eigenvalue weighted by molar-refractivity contribution is 1.10. The summed E-state index contributed by atoms with van der Waals surface area (Å²) < 4.78 is 0. The molecule has 1 aliphatic rings. The Balaban J connectivity index is 2.39. The molecule has 15 heavy (non-hydrogen) atoms. The van der Waals surface area contributed by atoms with E-state index in [1.165, 1.54) is 0 Å². The van der Waals surface area contributed by atoms with E-state index in [1.54, 1.807) is 0 Å². The maximum atomic E-state index is 2.32. The van der Waals surface area contributed by atoms with Crippen molar-refractivity contribution < 1.29 is 0 Å². The van der Waals surface area contributed by atoms with Crippen LogP contribution in [0.3, 0.4) is 0 Å². The molecule has 0 spiro atoms. The van der Waals surface area contributed by atoms with Gasteiger partial charge >= 0.3 is 0 Å². The van der Waals surface area contributed by atoms with Crippen LogP contribution in [0, 0.1) is 0 Å². The molecule has 0 bridgehead atoms. The summed E-state index contributed by atoms with van der Waals surface area (Å²) in [6.07, 6.45) is 0. The summed E-state index contributed by atoms with van der Waals surface area (Å²) in [5.41, 5.74) is 0. The highest BCUT2D eigenvalue weighted by Crippen LogP contribution is 2.54. The molecular formula is C12H24S3. The molecule has 3 heteroatoms. The Morgan fingerprint density at radius 3 is 0.867 bits per heavy atom. The third-order valence-electron chi connectivity index (χ3n) is 2.12. The topological polar surface area (TPSA) is 0 Å². The van der Waals surface area contributed by atoms with Crippen LogP contribution in [0.1, 0.15) is 41.5 Å². The minimum Gasteiger partial charge on any atom is -0.153 e. The summed E-state index contributed by atoms with van der Waals surface area (Å²) in [7, 11) is 0. The summed E-state index contributed by atoms with van der Waals surface area (Å²) >= 11 is 6.54. The zero-order valence-corrected chi connectivity index (χ0v) is 13.1. The second-order valence-electron chi connectivity index (χ2n) is 4.95. The Hall–Kier alpha value is 1.05. The fourth-order valence-electron chi connectivity index (χ4n) is 1.64. The zero-order valence-electron chi connectivity index (χ0n) is 10.7. The van der Waals surface area contributed by atoms with Crippen molar-refractivity contribution in [1.29, 1.82) is 0 Å². The van der Waals surface area contributed by atoms with Crippen LogP contribution in [0.2, 0.25) is 0 Å². The van der Waals surface area contributed by atoms with E-state index >= 15 is 0 Å². The number of hydrogen-bond acceptors (Lipinski definition) is 3. The van der Waals surface area contributed by atoms with Gasteiger partial charge in [0.05, 0.1) is 0 Å². The van der Waals surface area contributed by atoms with Gasteiger partial charge in [0, 0.05) is 15.7 Å². The van der Waals surface area contributed by atoms with E-state index < -0.39 is 0 Å². The van der Waals surface area contributed by atoms with E-state index in [1.807, 2.05) is 0 Å². The van der Waals surface area contributed by atoms with Crippen LogP contribution in [-0.4, -0.2) is 31.5 Å². The van der Waals surface area contributed by atoms with E-state index in [0.29, 0.717) is 0 Å². The fourth-order valence-corrected chi connectivity index (χ4v) is 6.65. The van der Waals surface area contributed by atoms with Crippen molar-refractivity contribution in [3.63, 3.8) is 0 Å². The molecule has 0 N–H and O–H groups in total. The highest BCUT2D eigenvalue weighted by Gasteiger charge is 2.52. The average Bonchev–Trinajstić information content (AvgIpc) is 2.60. The van der Waals surface area contributed by atoms with Gasteiger partial charge in [-0.05, 0) is 15.7 Å². The molecule has 0 radical (unpaired) electrons. The van der Waals surface area contributed by atoms with Gasteiger partial charge in [-0.2, -0.15) is 35.3 Å². The van der Waals surface area contributed by atoms with Gasteiger partial charge in [0.25, 0.3) is 0 Å². The SMILES string of the molecule is CC(C)SC1C(SC(C)C)C1SC(C)C. The van der Waals surface area contributed by atoms with E-state index in [2.05, 4.69) is 76.8 Å². The van der Waals surface area contributed by atoms with Crippen molar-refractivity contribution in [3.8, 4) is 0 Å². The maximum Gasteiger partial charge on any atom is 0.0310 e. The van der Waals surface area contributed by atoms with Crippen LogP contribution < -0.4 is 0 Å². The quantitative estimate of drug-likeness (QED) is 0.692. The van der Waals surface area contributed by atoms with Crippen LogP contribution in [0.25, 0.3) is 0 Å². The first-order valence-electron chi connectivity index (χ1n) is 5.88. The van der Waals surface area contributed by atoms with Crippen LogP contribution in [0.5, 0.6) is 0 Å². The molecule has 1 saturated carbocycles. The van der Waals surface area contributed by atoms with Crippen molar-refractivity contribution in [1.82, 2.24) is 0 Å². The van der Waals surface area contributed by atoms with Gasteiger partial charge < -0.3 is 0 Å². The molecule has 0 heterocycles. The van der Waals surface area contributed by atoms with Crippen molar-refractivity contribution >= 4 is 35.3 Å². The second-order valence-corrected chi connectivity index (χ2v) is 10.2. The van der Waals surface area contributed by atoms with E-state index in [0.717, 1.165) is 31.5 Å². The third kappa shape index (κ3) is 4.82. The smallest absolute Gasteiger partial charge is 0.0310 e. The van der Waals surface area contributed by atoms with Crippen LogP contribution >= 0.6 is 35.3 Å². The predicted octanol–water partition coefficient (Wildman–Crippen LogP) is 4.53. The zero-order chi connectivity index (χ0) is 11.6. The lowest BCUT2D eigenvalue weighted by atomic mass is 10.6. The van der Waals surface area contributed by atoms with E-state index in [4.69, 9.17) is 0 Å². The molecule has 1 fully saturated rings. The van der Waals surface area contributed by atoms with Gasteiger partial charge in [-0.15, -0.1) is 0 Å². The molecule has 0 aliphatic heterocycles. The summed E-state index contributed by atoms with van der Waals surface area (Å²) in [5, 5.41) is 5.06. The molecule has 0 aromatic heterocycles. The molecular weight excluding hydrogens is 240 g/mol. The molecule has 0 unspecified atom stereocenters. The molecule has 0 atom stereocenters. The normalized spacial score (nSPS) is 30.6. The summed E-state index contributed by atoms with van der Waals surface area (Å²) in [5.74, 6) is 0. The fraction of sp³-hybridized carbons (Fsp3) is 1.00. The monoisotopic (exact) mass is 264 g/mol. The summed E-state index contributed by atoms with van der Waals surface area (Å²) in [6.45, 7) is 13.9. The van der Waals surface area contributed by atoms with Crippen LogP contribution in [0.15, 0.2) is 0 Å². The summed E-state index contributed by atoms with van der Waals surface area (Å²) in [6, 6.07) is 0. The molecule has 90 valence electrons. The molecule has 0 aromatic carbocycles. The van der Waals surface area contributed by atoms with Gasteiger partial charge in [0.1, 0.15) is 0 Å². The predicted molar refractivity (Wildman–Crippen MR) is 79.5 cm³/mol. The Labute approximate surface area is 108 Å². The first kappa shape index (κ1) is 14.1. The average molecular weight is 265 g/mol. The van der Waals surface area contributed by atoms with Crippen molar-refractivity contribution in [2.75, 3.05) is 0 Å². The highest BCUT2D eigenvalue weighted by molar-refractivity contribution is 8.09. The Kier molecular flexibility index (Phi) is 5.75. The Morgan fingerprint density at radius 2 is 0.733 bits per heavy atom. The first-order valence-corrected chi connectivity index (χ1v) is 8.71. The summed E-state index contributed by atoms with van der Waals surface area (Å²) in [4.78, 5) is 0. The van der Waals surface area contributed by atoms with Crippen LogP contribution in [0.4, 0.5) is 0 Å². The van der Waals surface area contributed by atoms with Gasteiger partial charge in [-0.1, -0.05) is 41.5 Å².